The maximum Gasteiger partial charge on any atom is 0.144 e. The van der Waals surface area contributed by atoms with Crippen molar-refractivity contribution in [1.29, 1.82) is 0 Å². The van der Waals surface area contributed by atoms with Gasteiger partial charge >= 0.3 is 0 Å². The predicted octanol–water partition coefficient (Wildman–Crippen LogP) is 3.58. The largest absolute Gasteiger partial charge is 0.342 e. The van der Waals surface area contributed by atoms with Crippen molar-refractivity contribution in [2.45, 2.75) is 13.8 Å². The third kappa shape index (κ3) is 2.05. The first-order chi connectivity index (χ1) is 7.59. The zero-order chi connectivity index (χ0) is 11.7. The highest BCUT2D eigenvalue weighted by Crippen LogP contribution is 2.22. The average Bonchev–Trinajstić information content (AvgIpc) is 2.26. The molecule has 2 heterocycles. The Kier molecular flexibility index (Phi) is 3.16. The molecule has 5 heteroatoms. The predicted molar refractivity (Wildman–Crippen MR) is 69.8 cm³/mol. The summed E-state index contributed by atoms with van der Waals surface area (Å²) >= 11 is 8.57. The molecule has 0 aliphatic rings. The third-order valence-corrected chi connectivity index (χ3v) is 3.84. The molecule has 0 saturated heterocycles. The number of nitrogens with zero attached hydrogens (tertiary/aromatic N) is 2. The van der Waals surface area contributed by atoms with Crippen molar-refractivity contribution in [2.24, 2.45) is 0 Å². The summed E-state index contributed by atoms with van der Waals surface area (Å²) in [4.78, 5) is 11.6. The normalized spacial score (nSPS) is 10.4. The van der Waals surface area contributed by atoms with Crippen molar-refractivity contribution in [3.05, 3.63) is 38.8 Å². The lowest BCUT2D eigenvalue weighted by Crippen LogP contribution is -1.96. The molecule has 0 aliphatic carbocycles. The summed E-state index contributed by atoms with van der Waals surface area (Å²) < 4.78 is 1.42. The number of halogens is 1. The molecule has 0 fully saturated rings. The van der Waals surface area contributed by atoms with Crippen LogP contribution in [0.25, 0.3) is 11.4 Å². The Morgan fingerprint density at radius 1 is 1.38 bits per heavy atom. The van der Waals surface area contributed by atoms with Gasteiger partial charge in [0.2, 0.25) is 0 Å². The highest BCUT2D eigenvalue weighted by Gasteiger charge is 2.06. The van der Waals surface area contributed by atoms with Crippen LogP contribution in [0.3, 0.4) is 0 Å². The quantitative estimate of drug-likeness (QED) is 0.818. The van der Waals surface area contributed by atoms with Crippen molar-refractivity contribution in [1.82, 2.24) is 15.0 Å². The van der Waals surface area contributed by atoms with Crippen LogP contribution < -0.4 is 0 Å². The van der Waals surface area contributed by atoms with Crippen molar-refractivity contribution in [2.75, 3.05) is 0 Å². The Hall–Kier alpha value is -1.07. The number of aryl methyl sites for hydroxylation is 2. The second-order valence-electron chi connectivity index (χ2n) is 3.52. The summed E-state index contributed by atoms with van der Waals surface area (Å²) in [5.74, 6) is 0.783. The number of aromatic amines is 1. The lowest BCUT2D eigenvalue weighted by Gasteiger charge is -2.07. The van der Waals surface area contributed by atoms with Crippen LogP contribution in [0.2, 0.25) is 0 Å². The molecule has 2 aromatic heterocycles. The number of rotatable bonds is 1. The van der Waals surface area contributed by atoms with Gasteiger partial charge in [-0.3, -0.25) is 4.98 Å². The van der Waals surface area contributed by atoms with E-state index in [0.29, 0.717) is 4.64 Å². The van der Waals surface area contributed by atoms with E-state index < -0.39 is 0 Å². The number of hydrogen-bond donors (Lipinski definition) is 1. The van der Waals surface area contributed by atoms with Crippen LogP contribution in [0.15, 0.2) is 22.9 Å². The van der Waals surface area contributed by atoms with Gasteiger partial charge in [0.1, 0.15) is 10.5 Å². The van der Waals surface area contributed by atoms with E-state index in [2.05, 4.69) is 30.9 Å². The van der Waals surface area contributed by atoms with Gasteiger partial charge in [-0.2, -0.15) is 0 Å². The van der Waals surface area contributed by atoms with Crippen molar-refractivity contribution in [3.63, 3.8) is 0 Å². The lowest BCUT2D eigenvalue weighted by molar-refractivity contribution is 1.07. The van der Waals surface area contributed by atoms with E-state index in [4.69, 9.17) is 12.2 Å². The van der Waals surface area contributed by atoms with Crippen LogP contribution in [0.1, 0.15) is 11.3 Å². The van der Waals surface area contributed by atoms with Crippen LogP contribution in [0.5, 0.6) is 0 Å². The molecule has 0 unspecified atom stereocenters. The number of aromatic nitrogens is 3. The van der Waals surface area contributed by atoms with E-state index in [1.807, 2.05) is 26.1 Å². The molecule has 0 saturated carbocycles. The van der Waals surface area contributed by atoms with Crippen LogP contribution in [-0.2, 0) is 0 Å². The third-order valence-electron chi connectivity index (χ3n) is 2.31. The molecule has 82 valence electrons. The van der Waals surface area contributed by atoms with Crippen molar-refractivity contribution in [3.8, 4) is 11.4 Å². The Balaban J connectivity index is 2.67. The topological polar surface area (TPSA) is 41.6 Å². The fourth-order valence-corrected chi connectivity index (χ4v) is 1.87. The van der Waals surface area contributed by atoms with E-state index in [1.165, 1.54) is 0 Å². The van der Waals surface area contributed by atoms with Crippen LogP contribution in [0, 0.1) is 18.5 Å². The maximum atomic E-state index is 5.18. The fourth-order valence-electron chi connectivity index (χ4n) is 1.44. The monoisotopic (exact) mass is 295 g/mol. The minimum atomic E-state index is 0.572. The molecule has 0 bridgehead atoms. The van der Waals surface area contributed by atoms with E-state index in [0.717, 1.165) is 27.1 Å². The summed E-state index contributed by atoms with van der Waals surface area (Å²) in [7, 11) is 0. The van der Waals surface area contributed by atoms with Gasteiger partial charge in [0, 0.05) is 23.7 Å². The van der Waals surface area contributed by atoms with Crippen LogP contribution in [0.4, 0.5) is 0 Å². The fraction of sp³-hybridized carbons (Fsp3) is 0.182. The van der Waals surface area contributed by atoms with Gasteiger partial charge in [-0.05, 0) is 41.4 Å². The number of nitrogens with one attached hydrogen (secondary N) is 1. The molecule has 2 aromatic rings. The molecule has 0 radical (unpaired) electrons. The molecule has 16 heavy (non-hydrogen) atoms. The van der Waals surface area contributed by atoms with Gasteiger partial charge in [-0.25, -0.2) is 4.98 Å². The zero-order valence-corrected chi connectivity index (χ0v) is 11.3. The molecule has 0 aromatic carbocycles. The number of pyridine rings is 1. The Bertz CT molecular complexity index is 592. The van der Waals surface area contributed by atoms with Crippen LogP contribution >= 0.6 is 28.1 Å². The van der Waals surface area contributed by atoms with Crippen LogP contribution in [-0.4, -0.2) is 15.0 Å². The Labute approximate surface area is 107 Å². The highest BCUT2D eigenvalue weighted by atomic mass is 79.9. The molecule has 2 rings (SSSR count). The van der Waals surface area contributed by atoms with Gasteiger partial charge < -0.3 is 4.98 Å². The minimum absolute atomic E-state index is 0.572. The SMILES string of the molecule is Cc1cnccc1-c1nc(=S)c(Br)c(C)[nH]1. The molecule has 0 spiro atoms. The van der Waals surface area contributed by atoms with Gasteiger partial charge in [0.05, 0.1) is 4.47 Å². The minimum Gasteiger partial charge on any atom is -0.342 e. The first-order valence-electron chi connectivity index (χ1n) is 4.77. The molecular formula is C11H10BrN3S. The van der Waals surface area contributed by atoms with E-state index in [-0.39, 0.29) is 0 Å². The van der Waals surface area contributed by atoms with Crippen molar-refractivity contribution < 1.29 is 0 Å². The maximum absolute atomic E-state index is 5.18. The standard InChI is InChI=1S/C11H10BrN3S/c1-6-5-13-4-3-8(6)10-14-7(2)9(12)11(16)15-10/h3-5H,1-2H3,(H,14,15,16). The molecule has 1 N–H and O–H groups in total. The van der Waals surface area contributed by atoms with E-state index in [9.17, 15) is 0 Å². The second kappa shape index (κ2) is 4.43. The lowest BCUT2D eigenvalue weighted by atomic mass is 10.1. The number of hydrogen-bond acceptors (Lipinski definition) is 3. The summed E-state index contributed by atoms with van der Waals surface area (Å²) in [5, 5.41) is 0. The van der Waals surface area contributed by atoms with E-state index >= 15 is 0 Å². The summed E-state index contributed by atoms with van der Waals surface area (Å²) in [5.41, 5.74) is 3.07. The summed E-state index contributed by atoms with van der Waals surface area (Å²) in [6, 6.07) is 1.93. The molecular weight excluding hydrogens is 286 g/mol. The average molecular weight is 296 g/mol. The van der Waals surface area contributed by atoms with Gasteiger partial charge in [-0.15, -0.1) is 0 Å². The molecule has 0 atom stereocenters. The Morgan fingerprint density at radius 3 is 2.75 bits per heavy atom. The summed E-state index contributed by atoms with van der Waals surface area (Å²) in [6.07, 6.45) is 3.56. The van der Waals surface area contributed by atoms with Crippen molar-refractivity contribution >= 4 is 28.1 Å². The molecule has 3 nitrogen and oxygen atoms in total. The zero-order valence-electron chi connectivity index (χ0n) is 8.91. The van der Waals surface area contributed by atoms with Gasteiger partial charge in [0.25, 0.3) is 0 Å². The van der Waals surface area contributed by atoms with Gasteiger partial charge in [0.15, 0.2) is 0 Å². The Morgan fingerprint density at radius 2 is 2.12 bits per heavy atom. The smallest absolute Gasteiger partial charge is 0.144 e. The summed E-state index contributed by atoms with van der Waals surface area (Å²) in [6.45, 7) is 3.96. The second-order valence-corrected chi connectivity index (χ2v) is 4.70. The molecule has 0 aliphatic heterocycles. The highest BCUT2D eigenvalue weighted by molar-refractivity contribution is 9.10. The number of H-pyrrole nitrogens is 1. The van der Waals surface area contributed by atoms with Gasteiger partial charge in [-0.1, -0.05) is 12.2 Å². The first-order valence-corrected chi connectivity index (χ1v) is 5.97. The van der Waals surface area contributed by atoms with E-state index in [1.54, 1.807) is 6.20 Å². The molecule has 0 amide bonds. The first kappa shape index (κ1) is 11.4.